The second kappa shape index (κ2) is 6.37. The summed E-state index contributed by atoms with van der Waals surface area (Å²) in [5.74, 6) is 0.575. The van der Waals surface area contributed by atoms with Gasteiger partial charge in [0, 0.05) is 31.7 Å². The molecule has 1 aromatic carbocycles. The molecule has 0 saturated carbocycles. The van der Waals surface area contributed by atoms with E-state index >= 15 is 0 Å². The SMILES string of the molecule is N[C@@H]1CN(C(=O)c2ncoc2C2CCCO2)C[C@H]1c1ccccc1. The molecule has 3 atom stereocenters. The standard InChI is InChI=1S/C18H21N3O3/c19-14-10-21(9-13(14)12-5-2-1-3-6-12)18(22)16-17(24-11-20-16)15-7-4-8-23-15/h1-3,5-6,11,13-15H,4,7-10,19H2/t13-,14+,15?/m0/s1. The van der Waals surface area contributed by atoms with Gasteiger partial charge in [-0.1, -0.05) is 30.3 Å². The minimum atomic E-state index is -0.160. The van der Waals surface area contributed by atoms with Gasteiger partial charge >= 0.3 is 0 Å². The summed E-state index contributed by atoms with van der Waals surface area (Å²) in [7, 11) is 0. The molecule has 1 unspecified atom stereocenters. The highest BCUT2D eigenvalue weighted by Crippen LogP contribution is 2.32. The van der Waals surface area contributed by atoms with Crippen LogP contribution in [0.2, 0.25) is 0 Å². The zero-order valence-electron chi connectivity index (χ0n) is 13.4. The average Bonchev–Trinajstić information content (AvgIpc) is 3.34. The largest absolute Gasteiger partial charge is 0.445 e. The van der Waals surface area contributed by atoms with Crippen LogP contribution in [0.4, 0.5) is 0 Å². The Kier molecular flexibility index (Phi) is 4.08. The van der Waals surface area contributed by atoms with Crippen LogP contribution in [0.25, 0.3) is 0 Å². The van der Waals surface area contributed by atoms with Crippen LogP contribution in [0.3, 0.4) is 0 Å². The molecule has 0 spiro atoms. The van der Waals surface area contributed by atoms with E-state index in [0.717, 1.165) is 12.8 Å². The molecule has 2 fully saturated rings. The van der Waals surface area contributed by atoms with Gasteiger partial charge in [-0.05, 0) is 18.4 Å². The van der Waals surface area contributed by atoms with Gasteiger partial charge in [0.2, 0.25) is 0 Å². The van der Waals surface area contributed by atoms with Gasteiger partial charge < -0.3 is 19.8 Å². The number of carbonyl (C=O) groups excluding carboxylic acids is 1. The lowest BCUT2D eigenvalue weighted by molar-refractivity contribution is 0.0744. The van der Waals surface area contributed by atoms with Crippen molar-refractivity contribution in [3.8, 4) is 0 Å². The van der Waals surface area contributed by atoms with Crippen molar-refractivity contribution in [3.63, 3.8) is 0 Å². The Morgan fingerprint density at radius 2 is 2.08 bits per heavy atom. The molecule has 0 aliphatic carbocycles. The number of hydrogen-bond acceptors (Lipinski definition) is 5. The molecule has 6 nitrogen and oxygen atoms in total. The van der Waals surface area contributed by atoms with E-state index in [9.17, 15) is 4.79 Å². The number of benzene rings is 1. The number of likely N-dealkylation sites (tertiary alicyclic amines) is 1. The maximum absolute atomic E-state index is 12.9. The van der Waals surface area contributed by atoms with E-state index in [4.69, 9.17) is 14.9 Å². The highest BCUT2D eigenvalue weighted by Gasteiger charge is 2.37. The first-order valence-electron chi connectivity index (χ1n) is 8.39. The quantitative estimate of drug-likeness (QED) is 0.933. The topological polar surface area (TPSA) is 81.6 Å². The van der Waals surface area contributed by atoms with Gasteiger partial charge in [-0.15, -0.1) is 0 Å². The molecule has 2 N–H and O–H groups in total. The van der Waals surface area contributed by atoms with E-state index in [0.29, 0.717) is 31.2 Å². The number of oxazole rings is 1. The summed E-state index contributed by atoms with van der Waals surface area (Å²) < 4.78 is 11.1. The van der Waals surface area contributed by atoms with Gasteiger partial charge in [0.1, 0.15) is 6.10 Å². The van der Waals surface area contributed by atoms with Crippen molar-refractivity contribution in [2.75, 3.05) is 19.7 Å². The van der Waals surface area contributed by atoms with E-state index in [-0.39, 0.29) is 24.0 Å². The molecule has 1 aromatic heterocycles. The van der Waals surface area contributed by atoms with E-state index in [1.165, 1.54) is 12.0 Å². The van der Waals surface area contributed by atoms with Gasteiger partial charge in [0.25, 0.3) is 5.91 Å². The van der Waals surface area contributed by atoms with Crippen LogP contribution in [-0.2, 0) is 4.74 Å². The summed E-state index contributed by atoms with van der Waals surface area (Å²) >= 11 is 0. The van der Waals surface area contributed by atoms with Gasteiger partial charge in [0.15, 0.2) is 17.8 Å². The van der Waals surface area contributed by atoms with Crippen LogP contribution in [0.1, 0.15) is 46.7 Å². The monoisotopic (exact) mass is 327 g/mol. The molecule has 2 aromatic rings. The molecule has 6 heteroatoms. The highest BCUT2D eigenvalue weighted by molar-refractivity contribution is 5.93. The van der Waals surface area contributed by atoms with E-state index < -0.39 is 0 Å². The number of nitrogens with zero attached hydrogens (tertiary/aromatic N) is 2. The Labute approximate surface area is 140 Å². The summed E-state index contributed by atoms with van der Waals surface area (Å²) in [6.45, 7) is 1.82. The van der Waals surface area contributed by atoms with Crippen molar-refractivity contribution in [2.45, 2.75) is 30.9 Å². The Bertz CT molecular complexity index is 709. The lowest BCUT2D eigenvalue weighted by atomic mass is 9.95. The number of hydrogen-bond donors (Lipinski definition) is 1. The Hall–Kier alpha value is -2.18. The molecule has 0 bridgehead atoms. The molecule has 24 heavy (non-hydrogen) atoms. The second-order valence-corrected chi connectivity index (χ2v) is 6.46. The molecule has 2 aliphatic heterocycles. The minimum absolute atomic E-state index is 0.0746. The van der Waals surface area contributed by atoms with Crippen molar-refractivity contribution in [1.29, 1.82) is 0 Å². The molecule has 1 amide bonds. The minimum Gasteiger partial charge on any atom is -0.445 e. The van der Waals surface area contributed by atoms with Gasteiger partial charge in [0.05, 0.1) is 0 Å². The van der Waals surface area contributed by atoms with Crippen LogP contribution >= 0.6 is 0 Å². The number of nitrogens with two attached hydrogens (primary N) is 1. The first-order chi connectivity index (χ1) is 11.7. The van der Waals surface area contributed by atoms with Crippen LogP contribution in [0, 0.1) is 0 Å². The molecular weight excluding hydrogens is 306 g/mol. The van der Waals surface area contributed by atoms with Crippen molar-refractivity contribution >= 4 is 5.91 Å². The molecule has 0 radical (unpaired) electrons. The van der Waals surface area contributed by atoms with E-state index in [2.05, 4.69) is 17.1 Å². The first kappa shape index (κ1) is 15.4. The lowest BCUT2D eigenvalue weighted by Crippen LogP contribution is -2.33. The van der Waals surface area contributed by atoms with Gasteiger partial charge in [-0.3, -0.25) is 4.79 Å². The number of amides is 1. The smallest absolute Gasteiger partial charge is 0.276 e. The van der Waals surface area contributed by atoms with Gasteiger partial charge in [-0.25, -0.2) is 4.98 Å². The maximum atomic E-state index is 12.9. The number of rotatable bonds is 3. The molecule has 2 saturated heterocycles. The molecule has 126 valence electrons. The fourth-order valence-electron chi connectivity index (χ4n) is 3.63. The fraction of sp³-hybridized carbons (Fsp3) is 0.444. The first-order valence-corrected chi connectivity index (χ1v) is 8.39. The van der Waals surface area contributed by atoms with Crippen LogP contribution < -0.4 is 5.73 Å². The third kappa shape index (κ3) is 2.72. The molecule has 4 rings (SSSR count). The summed E-state index contributed by atoms with van der Waals surface area (Å²) in [5, 5.41) is 0. The Balaban J connectivity index is 1.53. The normalized spacial score (nSPS) is 26.9. The molecule has 2 aliphatic rings. The third-order valence-electron chi connectivity index (χ3n) is 4.90. The van der Waals surface area contributed by atoms with Crippen molar-refractivity contribution < 1.29 is 13.9 Å². The van der Waals surface area contributed by atoms with E-state index in [1.54, 1.807) is 4.90 Å². The predicted molar refractivity (Wildman–Crippen MR) is 87.5 cm³/mol. The summed E-state index contributed by atoms with van der Waals surface area (Å²) in [6, 6.07) is 10.0. The summed E-state index contributed by atoms with van der Waals surface area (Å²) in [4.78, 5) is 18.8. The molecular formula is C18H21N3O3. The second-order valence-electron chi connectivity index (χ2n) is 6.46. The van der Waals surface area contributed by atoms with Gasteiger partial charge in [-0.2, -0.15) is 0 Å². The summed E-state index contributed by atoms with van der Waals surface area (Å²) in [6.07, 6.45) is 3.01. The third-order valence-corrected chi connectivity index (χ3v) is 4.90. The average molecular weight is 327 g/mol. The Morgan fingerprint density at radius 3 is 2.83 bits per heavy atom. The highest BCUT2D eigenvalue weighted by atomic mass is 16.5. The lowest BCUT2D eigenvalue weighted by Gasteiger charge is -2.16. The molecule has 3 heterocycles. The fourth-order valence-corrected chi connectivity index (χ4v) is 3.63. The predicted octanol–water partition coefficient (Wildman–Crippen LogP) is 2.09. The zero-order valence-corrected chi connectivity index (χ0v) is 13.4. The van der Waals surface area contributed by atoms with Crippen LogP contribution in [0.5, 0.6) is 0 Å². The number of carbonyl (C=O) groups is 1. The van der Waals surface area contributed by atoms with Crippen molar-refractivity contribution in [3.05, 3.63) is 53.7 Å². The zero-order chi connectivity index (χ0) is 16.5. The Morgan fingerprint density at radius 1 is 1.25 bits per heavy atom. The summed E-state index contributed by atoms with van der Waals surface area (Å²) in [5.41, 5.74) is 7.82. The van der Waals surface area contributed by atoms with Crippen LogP contribution in [-0.4, -0.2) is 41.5 Å². The van der Waals surface area contributed by atoms with E-state index in [1.807, 2.05) is 18.2 Å². The van der Waals surface area contributed by atoms with Crippen molar-refractivity contribution in [2.24, 2.45) is 5.73 Å². The van der Waals surface area contributed by atoms with Crippen molar-refractivity contribution in [1.82, 2.24) is 9.88 Å². The number of aromatic nitrogens is 1. The van der Waals surface area contributed by atoms with Crippen LogP contribution in [0.15, 0.2) is 41.1 Å². The maximum Gasteiger partial charge on any atom is 0.276 e. The number of ether oxygens (including phenoxy) is 1.